The topological polar surface area (TPSA) is 216 Å². The number of fused-ring (bicyclic) bond motifs is 2. The van der Waals surface area contributed by atoms with Crippen molar-refractivity contribution in [3.63, 3.8) is 0 Å². The number of hydrogen-bond acceptors (Lipinski definition) is 18. The molecule has 0 radical (unpaired) electrons. The molecule has 0 bridgehead atoms. The van der Waals surface area contributed by atoms with Crippen molar-refractivity contribution in [3.05, 3.63) is 277 Å². The lowest BCUT2D eigenvalue weighted by Gasteiger charge is -2.12. The predicted octanol–water partition coefficient (Wildman–Crippen LogP) is 21.3. The van der Waals surface area contributed by atoms with E-state index in [1.807, 2.05) is 97.1 Å². The summed E-state index contributed by atoms with van der Waals surface area (Å²) in [6.07, 6.45) is 13.9. The number of nitrogens with zero attached hydrogens (tertiary/aromatic N) is 4. The molecule has 0 amide bonds. The van der Waals surface area contributed by atoms with E-state index < -0.39 is 23.9 Å². The van der Waals surface area contributed by atoms with Gasteiger partial charge in [0, 0.05) is 46.0 Å². The maximum atomic E-state index is 12.9. The quantitative estimate of drug-likeness (QED) is 0.0120. The van der Waals surface area contributed by atoms with Gasteiger partial charge in [0.25, 0.3) is 0 Å². The molecular formula is C84H84N6O12. The molecular weight excluding hydrogens is 1280 g/mol. The molecule has 0 spiro atoms. The van der Waals surface area contributed by atoms with E-state index >= 15 is 0 Å². The fourth-order valence-corrected chi connectivity index (χ4v) is 10.9. The number of azo groups is 2. The molecule has 18 nitrogen and oxygen atoms in total. The largest absolute Gasteiger partial charge is 0.502 e. The summed E-state index contributed by atoms with van der Waals surface area (Å²) in [5, 5.41) is 29.0. The van der Waals surface area contributed by atoms with Crippen molar-refractivity contribution in [2.75, 3.05) is 50.3 Å². The predicted molar refractivity (Wildman–Crippen MR) is 399 cm³/mol. The van der Waals surface area contributed by atoms with Gasteiger partial charge in [-0.3, -0.25) is 0 Å². The van der Waals surface area contributed by atoms with Crippen LogP contribution in [0.4, 0.5) is 34.1 Å². The number of rotatable bonds is 41. The Hall–Kier alpha value is -11.9. The minimum Gasteiger partial charge on any atom is -0.502 e. The third-order valence-electron chi connectivity index (χ3n) is 16.6. The molecule has 10 aromatic rings. The van der Waals surface area contributed by atoms with Crippen molar-refractivity contribution < 1.29 is 57.1 Å². The van der Waals surface area contributed by atoms with Gasteiger partial charge in [-0.05, 0) is 234 Å². The second-order valence-corrected chi connectivity index (χ2v) is 24.0. The van der Waals surface area contributed by atoms with E-state index in [1.54, 1.807) is 121 Å². The van der Waals surface area contributed by atoms with Crippen molar-refractivity contribution in [2.24, 2.45) is 20.5 Å². The lowest BCUT2D eigenvalue weighted by Crippen LogP contribution is -2.08. The maximum absolute atomic E-state index is 12.9. The van der Waals surface area contributed by atoms with Gasteiger partial charge in [-0.25, -0.2) is 19.2 Å². The Bertz CT molecular complexity index is 4130. The van der Waals surface area contributed by atoms with Crippen LogP contribution in [0.15, 0.2) is 265 Å². The monoisotopic (exact) mass is 1370 g/mol. The van der Waals surface area contributed by atoms with Crippen LogP contribution in [0.2, 0.25) is 0 Å². The highest BCUT2D eigenvalue weighted by molar-refractivity contribution is 6.02. The number of hydrogen-bond donors (Lipinski definition) is 2. The first-order chi connectivity index (χ1) is 50.2. The first-order valence-electron chi connectivity index (χ1n) is 34.6. The van der Waals surface area contributed by atoms with Gasteiger partial charge in [-0.2, -0.15) is 10.2 Å². The van der Waals surface area contributed by atoms with Crippen LogP contribution in [0.1, 0.15) is 130 Å². The maximum Gasteiger partial charge on any atom is 0.343 e. The molecule has 0 heterocycles. The molecule has 522 valence electrons. The highest BCUT2D eigenvalue weighted by Gasteiger charge is 2.15. The number of carbonyl (C=O) groups is 4. The summed E-state index contributed by atoms with van der Waals surface area (Å²) in [7, 11) is 0. The number of ether oxygens (including phenoxy) is 8. The molecule has 10 rings (SSSR count). The molecule has 18 heteroatoms. The van der Waals surface area contributed by atoms with Gasteiger partial charge in [-0.15, -0.1) is 10.2 Å². The summed E-state index contributed by atoms with van der Waals surface area (Å²) < 4.78 is 44.4. The van der Waals surface area contributed by atoms with Crippen LogP contribution >= 0.6 is 0 Å². The van der Waals surface area contributed by atoms with Crippen molar-refractivity contribution in [1.82, 2.24) is 0 Å². The number of nitrogens with one attached hydrogen (secondary N) is 2. The average Bonchev–Trinajstić information content (AvgIpc) is 0.807. The molecule has 0 aromatic heterocycles. The minimum atomic E-state index is -0.447. The highest BCUT2D eigenvalue weighted by atomic mass is 16.5. The number of carbonyl (C=O) groups excluding carboxylic acids is 4. The fourth-order valence-electron chi connectivity index (χ4n) is 10.9. The summed E-state index contributed by atoms with van der Waals surface area (Å²) in [6.45, 7) is 11.3. The zero-order chi connectivity index (χ0) is 70.8. The van der Waals surface area contributed by atoms with Crippen LogP contribution in [-0.2, 0) is 32.0 Å². The first-order valence-corrected chi connectivity index (χ1v) is 34.6. The highest BCUT2D eigenvalue weighted by Crippen LogP contribution is 2.36. The van der Waals surface area contributed by atoms with Crippen LogP contribution in [-0.4, -0.2) is 63.5 Å². The van der Waals surface area contributed by atoms with Crippen molar-refractivity contribution >= 4 is 79.5 Å². The van der Waals surface area contributed by atoms with Gasteiger partial charge in [-0.1, -0.05) is 86.0 Å². The lowest BCUT2D eigenvalue weighted by atomic mass is 10.1. The number of anilines is 2. The minimum absolute atomic E-state index is 0.262. The lowest BCUT2D eigenvalue weighted by molar-refractivity contribution is 0.0473. The van der Waals surface area contributed by atoms with Crippen LogP contribution in [0.5, 0.6) is 23.0 Å². The Morgan fingerprint density at radius 2 is 0.637 bits per heavy atom. The molecule has 0 unspecified atom stereocenters. The van der Waals surface area contributed by atoms with Crippen LogP contribution in [0.3, 0.4) is 0 Å². The Morgan fingerprint density at radius 3 is 1.01 bits per heavy atom. The molecule has 0 aliphatic rings. The molecule has 0 aliphatic carbocycles. The van der Waals surface area contributed by atoms with E-state index in [9.17, 15) is 19.2 Å². The second-order valence-electron chi connectivity index (χ2n) is 24.0. The van der Waals surface area contributed by atoms with E-state index in [4.69, 9.17) is 37.9 Å². The van der Waals surface area contributed by atoms with Crippen LogP contribution in [0.25, 0.3) is 21.5 Å². The Kier molecular flexibility index (Phi) is 28.3. The smallest absolute Gasteiger partial charge is 0.343 e. The number of esters is 4. The second kappa shape index (κ2) is 39.6. The molecule has 2 N–H and O–H groups in total. The third kappa shape index (κ3) is 22.8. The van der Waals surface area contributed by atoms with Gasteiger partial charge in [0.05, 0.1) is 97.2 Å². The Morgan fingerprint density at radius 1 is 0.314 bits per heavy atom. The van der Waals surface area contributed by atoms with Gasteiger partial charge in [0.1, 0.15) is 23.0 Å². The summed E-state index contributed by atoms with van der Waals surface area (Å²) >= 11 is 0. The van der Waals surface area contributed by atoms with E-state index in [1.165, 1.54) is 12.5 Å². The Balaban J connectivity index is 0.585. The van der Waals surface area contributed by atoms with Crippen LogP contribution < -0.4 is 29.6 Å². The number of unbranched alkanes of at least 4 members (excludes halogenated alkanes) is 9. The standard InChI is InChI=1S/C84H84N6O12/c1-3-95-53-15-5-7-17-55-97-69-45-33-65(34-46-69)83(93)101-71-41-25-61(26-42-71)59-85-77-49-51-79(75-23-13-11-21-73(75)77)89-87-67-37-29-63(30-38-67)81(91)99-57-19-9-10-20-58-100-82(92)64-31-39-68(40-32-64)88-90-80-52-50-78(74-22-12-14-24-76(74)80)86-60-62-27-43-72(44-28-62)102-84(94)66-35-47-70(48-36-66)98-56-18-8-6-16-54-96-4-2/h3-4,11-14,21-52,85-86H,1-2,5-10,15-20,53-60H2. The number of benzene rings is 10. The molecule has 0 saturated heterocycles. The van der Waals surface area contributed by atoms with E-state index in [0.29, 0.717) is 120 Å². The van der Waals surface area contributed by atoms with E-state index in [0.717, 1.165) is 108 Å². The molecule has 0 saturated carbocycles. The Labute approximate surface area is 595 Å². The molecule has 0 atom stereocenters. The van der Waals surface area contributed by atoms with Gasteiger partial charge >= 0.3 is 23.9 Å². The van der Waals surface area contributed by atoms with Gasteiger partial charge < -0.3 is 48.5 Å². The van der Waals surface area contributed by atoms with Crippen molar-refractivity contribution in [2.45, 2.75) is 90.1 Å². The zero-order valence-electron chi connectivity index (χ0n) is 57.2. The molecule has 0 aliphatic heterocycles. The first kappa shape index (κ1) is 72.8. The average molecular weight is 1370 g/mol. The molecule has 0 fully saturated rings. The third-order valence-corrected chi connectivity index (χ3v) is 16.6. The summed E-state index contributed by atoms with van der Waals surface area (Å²) in [5.41, 5.74) is 8.07. The van der Waals surface area contributed by atoms with Crippen molar-refractivity contribution in [3.8, 4) is 23.0 Å². The zero-order valence-corrected chi connectivity index (χ0v) is 57.2. The van der Waals surface area contributed by atoms with Gasteiger partial charge in [0.2, 0.25) is 0 Å². The fraction of sp³-hybridized carbons (Fsp3) is 0.238. The molecule has 102 heavy (non-hydrogen) atoms. The summed E-state index contributed by atoms with van der Waals surface area (Å²) in [6, 6.07) is 66.1. The van der Waals surface area contributed by atoms with Gasteiger partial charge in [0.15, 0.2) is 0 Å². The summed E-state index contributed by atoms with van der Waals surface area (Å²) in [4.78, 5) is 51.7. The van der Waals surface area contributed by atoms with Crippen LogP contribution in [0, 0.1) is 0 Å². The normalized spacial score (nSPS) is 11.1. The van der Waals surface area contributed by atoms with E-state index in [-0.39, 0.29) is 13.2 Å². The summed E-state index contributed by atoms with van der Waals surface area (Å²) in [5.74, 6) is 0.562. The molecule has 10 aromatic carbocycles. The van der Waals surface area contributed by atoms with E-state index in [2.05, 4.69) is 44.2 Å². The SMILES string of the molecule is C=COCCCCCCOc1ccc(C(=O)Oc2ccc(CNc3ccc(N=Nc4ccc(C(=O)OCCCCCCOC(=O)c5ccc(N=Nc6ccc(NCc7ccc(OC(=O)c8ccc(OCCCCCCOC=C)cc8)cc7)c7ccccc67)cc5)cc4)c4ccccc34)cc2)cc1. The van der Waals surface area contributed by atoms with Crippen molar-refractivity contribution in [1.29, 1.82) is 0 Å².